The number of rotatable bonds is 3. The molecule has 0 spiro atoms. The number of halogens is 3. The van der Waals surface area contributed by atoms with Gasteiger partial charge in [-0.05, 0) is 12.1 Å². The minimum atomic E-state index is -1.54. The fraction of sp³-hybridized carbons (Fsp3) is 0.545. The summed E-state index contributed by atoms with van der Waals surface area (Å²) in [6.45, 7) is 1.77. The number of carbonyl (C=O) groups excluding carboxylic acids is 1. The second-order valence-corrected chi connectivity index (χ2v) is 6.66. The Morgan fingerprint density at radius 3 is 2.56 bits per heavy atom. The second-order valence-electron chi connectivity index (χ2n) is 4.29. The van der Waals surface area contributed by atoms with E-state index in [1.807, 2.05) is 0 Å². The average molecular weight is 313 g/mol. The highest BCUT2D eigenvalue weighted by atomic mass is 35.6. The summed E-state index contributed by atoms with van der Waals surface area (Å²) in [6, 6.07) is 3.21. The van der Waals surface area contributed by atoms with Crippen LogP contribution in [0.1, 0.15) is 23.4 Å². The fourth-order valence-electron chi connectivity index (χ4n) is 2.14. The largest absolute Gasteiger partial charge is 0.459 e. The van der Waals surface area contributed by atoms with Gasteiger partial charge in [0.05, 0.1) is 19.4 Å². The summed E-state index contributed by atoms with van der Waals surface area (Å²) in [7, 11) is 0. The van der Waals surface area contributed by atoms with E-state index < -0.39 is 9.96 Å². The van der Waals surface area contributed by atoms with E-state index >= 15 is 0 Å². The quantitative estimate of drug-likeness (QED) is 0.829. The summed E-state index contributed by atoms with van der Waals surface area (Å²) in [4.78, 5) is 13.0. The monoisotopic (exact) mass is 311 g/mol. The lowest BCUT2D eigenvalue weighted by atomic mass is 10.4. The molecule has 7 heteroatoms. The number of quaternary nitrogens is 1. The number of amides is 1. The molecule has 1 saturated heterocycles. The molecule has 1 atom stereocenters. The SMILES string of the molecule is O=C(N[C@@H]([NH+]1CCCC1)C(Cl)(Cl)Cl)c1ccco1. The first-order chi connectivity index (χ1) is 8.48. The van der Waals surface area contributed by atoms with Gasteiger partial charge in [0.2, 0.25) is 6.17 Å². The number of nitrogens with one attached hydrogen (secondary N) is 2. The Labute approximate surface area is 120 Å². The molecule has 1 aromatic rings. The molecule has 2 rings (SSSR count). The van der Waals surface area contributed by atoms with Crippen LogP contribution < -0.4 is 10.2 Å². The zero-order valence-corrected chi connectivity index (χ0v) is 11.9. The van der Waals surface area contributed by atoms with Crippen LogP contribution in [0.25, 0.3) is 0 Å². The highest BCUT2D eigenvalue weighted by Crippen LogP contribution is 2.28. The van der Waals surface area contributed by atoms with Crippen LogP contribution in [-0.2, 0) is 0 Å². The maximum Gasteiger partial charge on any atom is 0.291 e. The van der Waals surface area contributed by atoms with Gasteiger partial charge in [-0.25, -0.2) is 0 Å². The van der Waals surface area contributed by atoms with Crippen molar-refractivity contribution in [1.82, 2.24) is 5.32 Å². The first-order valence-electron chi connectivity index (χ1n) is 5.74. The van der Waals surface area contributed by atoms with Crippen LogP contribution in [0.4, 0.5) is 0 Å². The molecule has 1 aromatic heterocycles. The van der Waals surface area contributed by atoms with Crippen LogP contribution in [0.2, 0.25) is 0 Å². The van der Waals surface area contributed by atoms with Crippen molar-refractivity contribution in [3.8, 4) is 0 Å². The zero-order valence-electron chi connectivity index (χ0n) is 9.59. The minimum absolute atomic E-state index is 0.216. The van der Waals surface area contributed by atoms with E-state index in [9.17, 15) is 4.79 Å². The Morgan fingerprint density at radius 1 is 1.39 bits per heavy atom. The van der Waals surface area contributed by atoms with Crippen molar-refractivity contribution >= 4 is 40.7 Å². The Kier molecular flexibility index (Phi) is 4.43. The van der Waals surface area contributed by atoms with E-state index in [0.29, 0.717) is 0 Å². The van der Waals surface area contributed by atoms with Crippen molar-refractivity contribution in [2.75, 3.05) is 13.1 Å². The van der Waals surface area contributed by atoms with Crippen LogP contribution in [0.15, 0.2) is 22.8 Å². The number of hydrogen-bond acceptors (Lipinski definition) is 2. The van der Waals surface area contributed by atoms with Gasteiger partial charge in [0.1, 0.15) is 0 Å². The van der Waals surface area contributed by atoms with Crippen molar-refractivity contribution in [2.24, 2.45) is 0 Å². The van der Waals surface area contributed by atoms with Gasteiger partial charge >= 0.3 is 0 Å². The molecule has 2 heterocycles. The summed E-state index contributed by atoms with van der Waals surface area (Å²) in [5.74, 6) is -0.149. The lowest BCUT2D eigenvalue weighted by Crippen LogP contribution is -3.17. The van der Waals surface area contributed by atoms with Crippen molar-refractivity contribution in [3.63, 3.8) is 0 Å². The molecule has 1 fully saturated rings. The van der Waals surface area contributed by atoms with Gasteiger partial charge in [-0.15, -0.1) is 0 Å². The molecule has 0 saturated carbocycles. The predicted octanol–water partition coefficient (Wildman–Crippen LogP) is 1.38. The molecule has 1 aliphatic rings. The highest BCUT2D eigenvalue weighted by Gasteiger charge is 2.43. The first-order valence-corrected chi connectivity index (χ1v) is 6.87. The molecule has 0 aliphatic carbocycles. The Morgan fingerprint density at radius 2 is 2.06 bits per heavy atom. The highest BCUT2D eigenvalue weighted by molar-refractivity contribution is 6.68. The van der Waals surface area contributed by atoms with Crippen LogP contribution in [0, 0.1) is 0 Å². The van der Waals surface area contributed by atoms with Gasteiger partial charge in [0, 0.05) is 12.8 Å². The molecule has 18 heavy (non-hydrogen) atoms. The van der Waals surface area contributed by atoms with E-state index in [1.54, 1.807) is 12.1 Å². The van der Waals surface area contributed by atoms with Crippen molar-refractivity contribution in [2.45, 2.75) is 22.8 Å². The predicted molar refractivity (Wildman–Crippen MR) is 70.2 cm³/mol. The van der Waals surface area contributed by atoms with E-state index in [0.717, 1.165) is 30.8 Å². The lowest BCUT2D eigenvalue weighted by molar-refractivity contribution is -0.915. The number of likely N-dealkylation sites (tertiary alicyclic amines) is 1. The van der Waals surface area contributed by atoms with Gasteiger partial charge in [0.15, 0.2) is 5.76 Å². The van der Waals surface area contributed by atoms with Crippen LogP contribution >= 0.6 is 34.8 Å². The van der Waals surface area contributed by atoms with Gasteiger partial charge in [-0.1, -0.05) is 34.8 Å². The molecule has 0 unspecified atom stereocenters. The summed E-state index contributed by atoms with van der Waals surface area (Å²) in [5, 5.41) is 2.74. The van der Waals surface area contributed by atoms with Gasteiger partial charge in [0.25, 0.3) is 9.70 Å². The summed E-state index contributed by atoms with van der Waals surface area (Å²) >= 11 is 17.8. The second kappa shape index (κ2) is 5.70. The standard InChI is InChI=1S/C11H13Cl3N2O2/c12-11(13,14)10(16-5-1-2-6-16)15-9(17)8-4-3-7-18-8/h3-4,7,10H,1-2,5-6H2,(H,15,17)/p+1/t10-/m0/s1. The molecule has 0 bridgehead atoms. The van der Waals surface area contributed by atoms with E-state index in [2.05, 4.69) is 5.32 Å². The molecular formula is C11H14Cl3N2O2+. The smallest absolute Gasteiger partial charge is 0.291 e. The van der Waals surface area contributed by atoms with Crippen molar-refractivity contribution < 1.29 is 14.1 Å². The van der Waals surface area contributed by atoms with Gasteiger partial charge in [-0.3, -0.25) is 10.1 Å². The van der Waals surface area contributed by atoms with Gasteiger partial charge in [-0.2, -0.15) is 0 Å². The Bertz CT molecular complexity index is 397. The maximum absolute atomic E-state index is 11.9. The van der Waals surface area contributed by atoms with Crippen LogP contribution in [0.3, 0.4) is 0 Å². The molecule has 2 N–H and O–H groups in total. The topological polar surface area (TPSA) is 46.7 Å². The molecular weight excluding hydrogens is 298 g/mol. The number of furan rings is 1. The molecule has 100 valence electrons. The molecule has 1 amide bonds. The van der Waals surface area contributed by atoms with Gasteiger partial charge < -0.3 is 9.32 Å². The third-order valence-corrected chi connectivity index (χ3v) is 3.66. The lowest BCUT2D eigenvalue weighted by Gasteiger charge is -2.29. The summed E-state index contributed by atoms with van der Waals surface area (Å²) < 4.78 is 3.48. The molecule has 0 aromatic carbocycles. The van der Waals surface area contributed by atoms with Crippen molar-refractivity contribution in [1.29, 1.82) is 0 Å². The number of hydrogen-bond donors (Lipinski definition) is 2. The van der Waals surface area contributed by atoms with E-state index in [1.165, 1.54) is 6.26 Å². The maximum atomic E-state index is 11.9. The Hall–Kier alpha value is -0.420. The fourth-order valence-corrected chi connectivity index (χ4v) is 2.77. The van der Waals surface area contributed by atoms with Crippen LogP contribution in [-0.4, -0.2) is 29.0 Å². The first kappa shape index (κ1) is 14.0. The van der Waals surface area contributed by atoms with Crippen molar-refractivity contribution in [3.05, 3.63) is 24.2 Å². The average Bonchev–Trinajstić information content (AvgIpc) is 2.96. The minimum Gasteiger partial charge on any atom is -0.459 e. The normalized spacial score (nSPS) is 18.8. The molecule has 0 radical (unpaired) electrons. The number of carbonyl (C=O) groups is 1. The third kappa shape index (κ3) is 3.32. The van der Waals surface area contributed by atoms with E-state index in [4.69, 9.17) is 39.2 Å². The third-order valence-electron chi connectivity index (χ3n) is 3.00. The summed E-state index contributed by atoms with van der Waals surface area (Å²) in [5.41, 5.74) is 0. The Balaban J connectivity index is 2.08. The molecule has 1 aliphatic heterocycles. The summed E-state index contributed by atoms with van der Waals surface area (Å²) in [6.07, 6.45) is 3.01. The van der Waals surface area contributed by atoms with E-state index in [-0.39, 0.29) is 11.7 Å². The zero-order chi connectivity index (χ0) is 13.2. The molecule has 4 nitrogen and oxygen atoms in total. The number of alkyl halides is 3. The van der Waals surface area contributed by atoms with Crippen LogP contribution in [0.5, 0.6) is 0 Å².